The highest BCUT2D eigenvalue weighted by molar-refractivity contribution is 5.70. The van der Waals surface area contributed by atoms with Gasteiger partial charge in [-0.25, -0.2) is 4.98 Å². The first-order valence-electron chi connectivity index (χ1n) is 7.20. The summed E-state index contributed by atoms with van der Waals surface area (Å²) in [4.78, 5) is 4.76. The second-order valence-electron chi connectivity index (χ2n) is 5.63. The second kappa shape index (κ2) is 4.79. The van der Waals surface area contributed by atoms with Crippen LogP contribution in [0.1, 0.15) is 41.1 Å². The third-order valence-electron chi connectivity index (χ3n) is 4.50. The summed E-state index contributed by atoms with van der Waals surface area (Å²) >= 11 is 0. The zero-order valence-electron chi connectivity index (χ0n) is 12.3. The van der Waals surface area contributed by atoms with Crippen molar-refractivity contribution in [3.8, 4) is 17.3 Å². The standard InChI is InChI=1S/C17H19N3/c1-11-7-8-14(13(3)12(11)2)17-15(10-18)20-9-5-4-6-16(20)19-17/h7-8H,4-6,9H2,1-3H3. The van der Waals surface area contributed by atoms with Gasteiger partial charge in [0, 0.05) is 18.5 Å². The van der Waals surface area contributed by atoms with E-state index in [0.29, 0.717) is 0 Å². The van der Waals surface area contributed by atoms with Gasteiger partial charge in [-0.05, 0) is 50.3 Å². The molecule has 0 aliphatic carbocycles. The van der Waals surface area contributed by atoms with E-state index in [4.69, 9.17) is 4.98 Å². The van der Waals surface area contributed by atoms with Crippen molar-refractivity contribution in [2.75, 3.05) is 0 Å². The summed E-state index contributed by atoms with van der Waals surface area (Å²) in [6.07, 6.45) is 3.30. The lowest BCUT2D eigenvalue weighted by atomic mass is 9.96. The van der Waals surface area contributed by atoms with Crippen LogP contribution in [0.2, 0.25) is 0 Å². The molecule has 1 aliphatic rings. The normalized spacial score (nSPS) is 13.9. The number of aromatic nitrogens is 2. The number of rotatable bonds is 1. The fourth-order valence-electron chi connectivity index (χ4n) is 3.00. The van der Waals surface area contributed by atoms with E-state index in [-0.39, 0.29) is 0 Å². The molecule has 3 nitrogen and oxygen atoms in total. The number of benzene rings is 1. The van der Waals surface area contributed by atoms with Crippen molar-refractivity contribution >= 4 is 0 Å². The summed E-state index contributed by atoms with van der Waals surface area (Å²) in [5.41, 5.74) is 6.51. The van der Waals surface area contributed by atoms with E-state index in [1.165, 1.54) is 23.1 Å². The molecule has 0 bridgehead atoms. The molecule has 0 fully saturated rings. The fourth-order valence-corrected chi connectivity index (χ4v) is 3.00. The Balaban J connectivity index is 2.23. The van der Waals surface area contributed by atoms with Crippen molar-refractivity contribution in [3.05, 3.63) is 40.3 Å². The Morgan fingerprint density at radius 2 is 1.95 bits per heavy atom. The van der Waals surface area contributed by atoms with Gasteiger partial charge in [0.2, 0.25) is 0 Å². The summed E-state index contributed by atoms with van der Waals surface area (Å²) in [6, 6.07) is 6.59. The average molecular weight is 265 g/mol. The van der Waals surface area contributed by atoms with Crippen LogP contribution in [0.4, 0.5) is 0 Å². The van der Waals surface area contributed by atoms with E-state index in [9.17, 15) is 5.26 Å². The molecule has 1 aliphatic heterocycles. The van der Waals surface area contributed by atoms with Crippen LogP contribution in [0.25, 0.3) is 11.3 Å². The van der Waals surface area contributed by atoms with E-state index in [2.05, 4.69) is 43.5 Å². The number of fused-ring (bicyclic) bond motifs is 1. The molecule has 3 heteroatoms. The van der Waals surface area contributed by atoms with Crippen LogP contribution in [-0.2, 0) is 13.0 Å². The van der Waals surface area contributed by atoms with Crippen LogP contribution < -0.4 is 0 Å². The second-order valence-corrected chi connectivity index (χ2v) is 5.63. The summed E-state index contributed by atoms with van der Waals surface area (Å²) in [5, 5.41) is 9.53. The van der Waals surface area contributed by atoms with E-state index in [1.807, 2.05) is 0 Å². The monoisotopic (exact) mass is 265 g/mol. The van der Waals surface area contributed by atoms with Crippen molar-refractivity contribution in [2.24, 2.45) is 0 Å². The molecule has 3 rings (SSSR count). The lowest BCUT2D eigenvalue weighted by Crippen LogP contribution is -2.11. The van der Waals surface area contributed by atoms with Crippen molar-refractivity contribution in [2.45, 2.75) is 46.6 Å². The first-order chi connectivity index (χ1) is 9.63. The molecule has 1 aromatic heterocycles. The van der Waals surface area contributed by atoms with Gasteiger partial charge in [-0.1, -0.05) is 12.1 Å². The van der Waals surface area contributed by atoms with Crippen LogP contribution in [0, 0.1) is 32.1 Å². The summed E-state index contributed by atoms with van der Waals surface area (Å²) in [5.74, 6) is 1.07. The van der Waals surface area contributed by atoms with Gasteiger partial charge in [-0.3, -0.25) is 0 Å². The third kappa shape index (κ3) is 1.84. The molecule has 1 aromatic carbocycles. The molecular weight excluding hydrogens is 246 g/mol. The van der Waals surface area contributed by atoms with Gasteiger partial charge in [-0.15, -0.1) is 0 Å². The predicted octanol–water partition coefficient (Wildman–Crippen LogP) is 3.68. The minimum Gasteiger partial charge on any atom is -0.319 e. The highest BCUT2D eigenvalue weighted by Gasteiger charge is 2.21. The van der Waals surface area contributed by atoms with Crippen LogP contribution >= 0.6 is 0 Å². The fraction of sp³-hybridized carbons (Fsp3) is 0.412. The molecule has 2 aromatic rings. The lowest BCUT2D eigenvalue weighted by molar-refractivity contribution is 0.519. The van der Waals surface area contributed by atoms with Crippen LogP contribution in [0.3, 0.4) is 0 Å². The Morgan fingerprint density at radius 1 is 1.15 bits per heavy atom. The van der Waals surface area contributed by atoms with Crippen LogP contribution in [0.5, 0.6) is 0 Å². The topological polar surface area (TPSA) is 41.6 Å². The minimum absolute atomic E-state index is 0.728. The van der Waals surface area contributed by atoms with Crippen molar-refractivity contribution in [1.82, 2.24) is 9.55 Å². The van der Waals surface area contributed by atoms with Crippen molar-refractivity contribution < 1.29 is 0 Å². The number of aryl methyl sites for hydroxylation is 2. The molecule has 0 amide bonds. The molecule has 102 valence electrons. The summed E-state index contributed by atoms with van der Waals surface area (Å²) < 4.78 is 2.10. The highest BCUT2D eigenvalue weighted by atomic mass is 15.1. The molecule has 2 heterocycles. The van der Waals surface area contributed by atoms with Gasteiger partial charge in [0.15, 0.2) is 0 Å². The molecule has 0 radical (unpaired) electrons. The summed E-state index contributed by atoms with van der Waals surface area (Å²) in [7, 11) is 0. The molecule has 20 heavy (non-hydrogen) atoms. The Bertz CT molecular complexity index is 717. The maximum Gasteiger partial charge on any atom is 0.148 e. The lowest BCUT2D eigenvalue weighted by Gasteiger charge is -2.13. The van der Waals surface area contributed by atoms with Crippen LogP contribution in [-0.4, -0.2) is 9.55 Å². The Hall–Kier alpha value is -2.08. The molecule has 0 spiro atoms. The first-order valence-corrected chi connectivity index (χ1v) is 7.20. The van der Waals surface area contributed by atoms with Gasteiger partial charge >= 0.3 is 0 Å². The predicted molar refractivity (Wildman–Crippen MR) is 79.5 cm³/mol. The van der Waals surface area contributed by atoms with Crippen molar-refractivity contribution in [3.63, 3.8) is 0 Å². The number of nitriles is 1. The van der Waals surface area contributed by atoms with Gasteiger partial charge in [-0.2, -0.15) is 5.26 Å². The average Bonchev–Trinajstić information content (AvgIpc) is 2.83. The maximum absolute atomic E-state index is 9.53. The quantitative estimate of drug-likeness (QED) is 0.789. The number of imidazole rings is 1. The number of hydrogen-bond donors (Lipinski definition) is 0. The van der Waals surface area contributed by atoms with Gasteiger partial charge in [0.1, 0.15) is 23.3 Å². The molecule has 0 saturated carbocycles. The molecule has 0 N–H and O–H groups in total. The van der Waals surface area contributed by atoms with Gasteiger partial charge in [0.05, 0.1) is 0 Å². The van der Waals surface area contributed by atoms with Gasteiger partial charge in [0.25, 0.3) is 0 Å². The molecule has 0 unspecified atom stereocenters. The van der Waals surface area contributed by atoms with Crippen molar-refractivity contribution in [1.29, 1.82) is 5.26 Å². The Kier molecular flexibility index (Phi) is 3.10. The highest BCUT2D eigenvalue weighted by Crippen LogP contribution is 2.31. The van der Waals surface area contributed by atoms with E-state index in [1.54, 1.807) is 0 Å². The van der Waals surface area contributed by atoms with E-state index in [0.717, 1.165) is 42.2 Å². The van der Waals surface area contributed by atoms with Gasteiger partial charge < -0.3 is 4.57 Å². The third-order valence-corrected chi connectivity index (χ3v) is 4.50. The summed E-state index contributed by atoms with van der Waals surface area (Å²) in [6.45, 7) is 7.30. The zero-order valence-corrected chi connectivity index (χ0v) is 12.3. The first kappa shape index (κ1) is 12.9. The largest absolute Gasteiger partial charge is 0.319 e. The van der Waals surface area contributed by atoms with E-state index >= 15 is 0 Å². The number of hydrogen-bond acceptors (Lipinski definition) is 2. The van der Waals surface area contributed by atoms with Crippen LogP contribution in [0.15, 0.2) is 12.1 Å². The minimum atomic E-state index is 0.728. The zero-order chi connectivity index (χ0) is 14.3. The maximum atomic E-state index is 9.53. The smallest absolute Gasteiger partial charge is 0.148 e. The SMILES string of the molecule is Cc1ccc(-c2nc3n(c2C#N)CCCC3)c(C)c1C. The molecule has 0 atom stereocenters. The Labute approximate surface area is 119 Å². The van der Waals surface area contributed by atoms with E-state index < -0.39 is 0 Å². The Morgan fingerprint density at radius 3 is 2.70 bits per heavy atom. The molecule has 0 saturated heterocycles. The number of nitrogens with zero attached hydrogens (tertiary/aromatic N) is 3. The molecular formula is C17H19N3.